The van der Waals surface area contributed by atoms with Crippen molar-refractivity contribution < 1.29 is 9.90 Å². The van der Waals surface area contributed by atoms with Gasteiger partial charge in [0.2, 0.25) is 0 Å². The van der Waals surface area contributed by atoms with Crippen molar-refractivity contribution in [2.75, 3.05) is 0 Å². The van der Waals surface area contributed by atoms with Crippen LogP contribution in [-0.4, -0.2) is 20.5 Å². The number of carbonyl (C=O) groups is 1. The first-order chi connectivity index (χ1) is 9.16. The highest BCUT2D eigenvalue weighted by Gasteiger charge is 2.19. The number of nitrogens with zero attached hydrogens (tertiary/aromatic N) is 2. The highest BCUT2D eigenvalue weighted by molar-refractivity contribution is 5.94. The van der Waals surface area contributed by atoms with E-state index in [0.29, 0.717) is 11.3 Å². The molecule has 0 unspecified atom stereocenters. The molecule has 0 spiro atoms. The van der Waals surface area contributed by atoms with Gasteiger partial charge in [-0.3, -0.25) is 4.40 Å². The second-order valence-corrected chi connectivity index (χ2v) is 4.41. The molecular formula is C15H12N2O2. The average Bonchev–Trinajstić information content (AvgIpc) is 2.78. The Morgan fingerprint density at radius 3 is 2.79 bits per heavy atom. The number of aromatic nitrogens is 2. The molecule has 2 heterocycles. The van der Waals surface area contributed by atoms with Gasteiger partial charge >= 0.3 is 5.97 Å². The third kappa shape index (κ3) is 1.87. The lowest BCUT2D eigenvalue weighted by Crippen LogP contribution is -2.03. The second kappa shape index (κ2) is 4.24. The number of carboxylic acids is 1. The van der Waals surface area contributed by atoms with Crippen LogP contribution < -0.4 is 0 Å². The third-order valence-electron chi connectivity index (χ3n) is 3.02. The largest absolute Gasteiger partial charge is 0.476 e. The molecule has 0 aliphatic carbocycles. The van der Waals surface area contributed by atoms with E-state index >= 15 is 0 Å². The van der Waals surface area contributed by atoms with E-state index in [1.54, 1.807) is 22.7 Å². The van der Waals surface area contributed by atoms with Gasteiger partial charge in [-0.1, -0.05) is 29.8 Å². The number of imidazole rings is 1. The fraction of sp³-hybridized carbons (Fsp3) is 0.0667. The lowest BCUT2D eigenvalue weighted by molar-refractivity contribution is 0.0690. The molecule has 4 heteroatoms. The molecule has 0 fully saturated rings. The quantitative estimate of drug-likeness (QED) is 0.762. The van der Waals surface area contributed by atoms with E-state index < -0.39 is 5.97 Å². The van der Waals surface area contributed by atoms with Gasteiger partial charge in [0.15, 0.2) is 5.69 Å². The Morgan fingerprint density at radius 1 is 1.21 bits per heavy atom. The SMILES string of the molecule is Cc1cccc(-c2nc3ccccn3c2C(=O)O)c1. The van der Waals surface area contributed by atoms with Gasteiger partial charge in [-0.25, -0.2) is 9.78 Å². The zero-order valence-electron chi connectivity index (χ0n) is 10.4. The van der Waals surface area contributed by atoms with Crippen molar-refractivity contribution in [3.8, 4) is 11.3 Å². The van der Waals surface area contributed by atoms with E-state index in [1.165, 1.54) is 0 Å². The summed E-state index contributed by atoms with van der Waals surface area (Å²) in [5.74, 6) is -0.977. The number of hydrogen-bond acceptors (Lipinski definition) is 2. The summed E-state index contributed by atoms with van der Waals surface area (Å²) in [6, 6.07) is 13.1. The number of rotatable bonds is 2. The Balaban J connectivity index is 2.34. The van der Waals surface area contributed by atoms with Crippen molar-refractivity contribution in [2.24, 2.45) is 0 Å². The summed E-state index contributed by atoms with van der Waals surface area (Å²) >= 11 is 0. The fourth-order valence-corrected chi connectivity index (χ4v) is 2.19. The Labute approximate surface area is 110 Å². The molecule has 0 bridgehead atoms. The molecule has 2 aromatic heterocycles. The maximum absolute atomic E-state index is 11.5. The van der Waals surface area contributed by atoms with Gasteiger partial charge in [0.25, 0.3) is 0 Å². The van der Waals surface area contributed by atoms with Gasteiger partial charge in [-0.05, 0) is 25.1 Å². The van der Waals surface area contributed by atoms with E-state index in [1.807, 2.05) is 37.3 Å². The van der Waals surface area contributed by atoms with E-state index in [0.717, 1.165) is 11.1 Å². The van der Waals surface area contributed by atoms with Gasteiger partial charge < -0.3 is 5.11 Å². The number of pyridine rings is 1. The van der Waals surface area contributed by atoms with Gasteiger partial charge in [0.1, 0.15) is 11.3 Å². The first kappa shape index (κ1) is 11.5. The van der Waals surface area contributed by atoms with Crippen LogP contribution in [0.3, 0.4) is 0 Å². The number of benzene rings is 1. The number of hydrogen-bond donors (Lipinski definition) is 1. The highest BCUT2D eigenvalue weighted by atomic mass is 16.4. The molecule has 0 aliphatic rings. The lowest BCUT2D eigenvalue weighted by atomic mass is 10.1. The Bertz CT molecular complexity index is 775. The molecule has 3 rings (SSSR count). The standard InChI is InChI=1S/C15H12N2O2/c1-10-5-4-6-11(9-10)13-14(15(18)19)17-8-3-2-7-12(17)16-13/h2-9H,1H3,(H,18,19). The summed E-state index contributed by atoms with van der Waals surface area (Å²) in [4.78, 5) is 15.9. The van der Waals surface area contributed by atoms with Gasteiger partial charge in [0.05, 0.1) is 0 Å². The molecule has 19 heavy (non-hydrogen) atoms. The minimum atomic E-state index is -0.977. The van der Waals surface area contributed by atoms with Crippen LogP contribution in [-0.2, 0) is 0 Å². The first-order valence-corrected chi connectivity index (χ1v) is 5.94. The van der Waals surface area contributed by atoms with E-state index in [-0.39, 0.29) is 5.69 Å². The predicted molar refractivity (Wildman–Crippen MR) is 72.3 cm³/mol. The van der Waals surface area contributed by atoms with Crippen molar-refractivity contribution in [3.63, 3.8) is 0 Å². The van der Waals surface area contributed by atoms with Gasteiger partial charge in [-0.2, -0.15) is 0 Å². The topological polar surface area (TPSA) is 54.6 Å². The smallest absolute Gasteiger partial charge is 0.355 e. The van der Waals surface area contributed by atoms with Crippen molar-refractivity contribution in [1.82, 2.24) is 9.38 Å². The summed E-state index contributed by atoms with van der Waals surface area (Å²) in [6.45, 7) is 1.97. The number of aryl methyl sites for hydroxylation is 1. The third-order valence-corrected chi connectivity index (χ3v) is 3.02. The second-order valence-electron chi connectivity index (χ2n) is 4.41. The number of aromatic carboxylic acids is 1. The zero-order valence-corrected chi connectivity index (χ0v) is 10.4. The molecule has 0 atom stereocenters. The van der Waals surface area contributed by atoms with E-state index in [4.69, 9.17) is 0 Å². The summed E-state index contributed by atoms with van der Waals surface area (Å²) in [5.41, 5.74) is 3.23. The van der Waals surface area contributed by atoms with Crippen LogP contribution in [0, 0.1) is 6.92 Å². The van der Waals surface area contributed by atoms with Gasteiger partial charge in [0, 0.05) is 11.8 Å². The fourth-order valence-electron chi connectivity index (χ4n) is 2.19. The summed E-state index contributed by atoms with van der Waals surface area (Å²) in [5, 5.41) is 9.42. The molecule has 0 saturated heterocycles. The van der Waals surface area contributed by atoms with Gasteiger partial charge in [-0.15, -0.1) is 0 Å². The number of fused-ring (bicyclic) bond motifs is 1. The summed E-state index contributed by atoms with van der Waals surface area (Å²) < 4.78 is 1.60. The molecule has 0 aliphatic heterocycles. The maximum atomic E-state index is 11.5. The molecule has 1 aromatic carbocycles. The molecule has 0 radical (unpaired) electrons. The Kier molecular flexibility index (Phi) is 2.56. The van der Waals surface area contributed by atoms with Crippen LogP contribution >= 0.6 is 0 Å². The van der Waals surface area contributed by atoms with Crippen molar-refractivity contribution in [3.05, 3.63) is 59.9 Å². The summed E-state index contributed by atoms with van der Waals surface area (Å²) in [6.07, 6.45) is 1.71. The minimum absolute atomic E-state index is 0.196. The maximum Gasteiger partial charge on any atom is 0.355 e. The van der Waals surface area contributed by atoms with E-state index in [9.17, 15) is 9.90 Å². The Hall–Kier alpha value is -2.62. The van der Waals surface area contributed by atoms with Crippen LogP contribution in [0.25, 0.3) is 16.9 Å². The molecule has 0 amide bonds. The van der Waals surface area contributed by atoms with Crippen LogP contribution in [0.2, 0.25) is 0 Å². The van der Waals surface area contributed by atoms with Crippen LogP contribution in [0.4, 0.5) is 0 Å². The predicted octanol–water partition coefficient (Wildman–Crippen LogP) is 3.01. The van der Waals surface area contributed by atoms with Crippen LogP contribution in [0.15, 0.2) is 48.7 Å². The van der Waals surface area contributed by atoms with E-state index in [2.05, 4.69) is 4.98 Å². The van der Waals surface area contributed by atoms with Crippen LogP contribution in [0.1, 0.15) is 16.1 Å². The van der Waals surface area contributed by atoms with Crippen molar-refractivity contribution in [2.45, 2.75) is 6.92 Å². The monoisotopic (exact) mass is 252 g/mol. The van der Waals surface area contributed by atoms with Crippen molar-refractivity contribution in [1.29, 1.82) is 0 Å². The average molecular weight is 252 g/mol. The highest BCUT2D eigenvalue weighted by Crippen LogP contribution is 2.25. The molecule has 0 saturated carbocycles. The molecule has 4 nitrogen and oxygen atoms in total. The first-order valence-electron chi connectivity index (χ1n) is 5.94. The molecule has 1 N–H and O–H groups in total. The molecular weight excluding hydrogens is 240 g/mol. The number of carboxylic acid groups (broad SMARTS) is 1. The lowest BCUT2D eigenvalue weighted by Gasteiger charge is -2.01. The normalized spacial score (nSPS) is 10.8. The van der Waals surface area contributed by atoms with Crippen molar-refractivity contribution >= 4 is 11.6 Å². The summed E-state index contributed by atoms with van der Waals surface area (Å²) in [7, 11) is 0. The molecule has 94 valence electrons. The van der Waals surface area contributed by atoms with Crippen LogP contribution in [0.5, 0.6) is 0 Å². The minimum Gasteiger partial charge on any atom is -0.476 e. The molecule has 3 aromatic rings. The Morgan fingerprint density at radius 2 is 2.05 bits per heavy atom. The zero-order chi connectivity index (χ0) is 13.4.